The van der Waals surface area contributed by atoms with Gasteiger partial charge in [-0.2, -0.15) is 0 Å². The Balaban J connectivity index is 1.43. The van der Waals surface area contributed by atoms with E-state index in [-0.39, 0.29) is 29.0 Å². The molecule has 0 aliphatic rings. The van der Waals surface area contributed by atoms with E-state index in [0.717, 1.165) is 10.0 Å². The number of aryl methyl sites for hydroxylation is 1. The second-order valence-electron chi connectivity index (χ2n) is 8.94. The highest BCUT2D eigenvalue weighted by molar-refractivity contribution is 9.10. The van der Waals surface area contributed by atoms with Crippen molar-refractivity contribution < 1.29 is 33.1 Å². The fraction of sp³-hybridized carbons (Fsp3) is 0.172. The lowest BCUT2D eigenvalue weighted by Crippen LogP contribution is -2.42. The summed E-state index contributed by atoms with van der Waals surface area (Å²) in [5, 5.41) is 18.7. The number of aliphatic carboxylic acids is 1. The zero-order valence-electron chi connectivity index (χ0n) is 21.5. The van der Waals surface area contributed by atoms with E-state index in [9.17, 15) is 23.9 Å². The standard InChI is InChI=1S/C29H25BrFN3O6/c1-16-25(33-29(38)39-17(2)22-5-3-4-6-23(22)31)26(40-34-16)19-9-11-20(12-10-19)27(35)32-24(28(36)37)15-18-7-13-21(30)14-8-18/h3-14,17,24H,15H2,1-2H3,(H,32,35)(H,33,38)(H,36,37). The molecule has 4 rings (SSSR count). The van der Waals surface area contributed by atoms with Crippen LogP contribution in [0.3, 0.4) is 0 Å². The van der Waals surface area contributed by atoms with Gasteiger partial charge in [0.25, 0.3) is 5.91 Å². The minimum Gasteiger partial charge on any atom is -0.480 e. The minimum atomic E-state index is -1.16. The lowest BCUT2D eigenvalue weighted by molar-refractivity contribution is -0.139. The molecule has 0 bridgehead atoms. The smallest absolute Gasteiger partial charge is 0.412 e. The van der Waals surface area contributed by atoms with Gasteiger partial charge in [0.05, 0.1) is 0 Å². The number of ether oxygens (including phenoxy) is 1. The van der Waals surface area contributed by atoms with Gasteiger partial charge in [-0.25, -0.2) is 14.0 Å². The maximum Gasteiger partial charge on any atom is 0.412 e. The number of nitrogens with one attached hydrogen (secondary N) is 2. The summed E-state index contributed by atoms with van der Waals surface area (Å²) in [6.07, 6.45) is -1.56. The van der Waals surface area contributed by atoms with E-state index >= 15 is 0 Å². The van der Waals surface area contributed by atoms with Crippen LogP contribution in [0, 0.1) is 12.7 Å². The Morgan fingerprint density at radius 3 is 2.38 bits per heavy atom. The average Bonchev–Trinajstić information content (AvgIpc) is 3.29. The molecule has 3 N–H and O–H groups in total. The molecule has 3 aromatic carbocycles. The van der Waals surface area contributed by atoms with Gasteiger partial charge in [-0.05, 0) is 49.7 Å². The molecular formula is C29H25BrFN3O6. The fourth-order valence-electron chi connectivity index (χ4n) is 3.95. The molecule has 2 atom stereocenters. The molecule has 2 amide bonds. The predicted molar refractivity (Wildman–Crippen MR) is 148 cm³/mol. The third kappa shape index (κ3) is 6.92. The summed E-state index contributed by atoms with van der Waals surface area (Å²) in [7, 11) is 0. The Bertz CT molecular complexity index is 1520. The van der Waals surface area contributed by atoms with Gasteiger partial charge in [-0.1, -0.05) is 63.6 Å². The van der Waals surface area contributed by atoms with Crippen LogP contribution in [-0.4, -0.2) is 34.3 Å². The molecule has 11 heteroatoms. The van der Waals surface area contributed by atoms with Gasteiger partial charge < -0.3 is 19.7 Å². The van der Waals surface area contributed by atoms with E-state index in [4.69, 9.17) is 9.26 Å². The summed E-state index contributed by atoms with van der Waals surface area (Å²) in [5.41, 5.74) is 2.35. The van der Waals surface area contributed by atoms with E-state index in [1.165, 1.54) is 24.3 Å². The number of halogens is 2. The Hall–Kier alpha value is -4.51. The van der Waals surface area contributed by atoms with Crippen LogP contribution in [0.25, 0.3) is 11.3 Å². The molecule has 0 spiro atoms. The van der Waals surface area contributed by atoms with Gasteiger partial charge >= 0.3 is 12.1 Å². The Morgan fingerprint density at radius 2 is 1.73 bits per heavy atom. The molecule has 1 heterocycles. The van der Waals surface area contributed by atoms with Crippen LogP contribution in [-0.2, 0) is 16.0 Å². The first-order chi connectivity index (χ1) is 19.1. The van der Waals surface area contributed by atoms with Crippen molar-refractivity contribution in [2.75, 3.05) is 5.32 Å². The largest absolute Gasteiger partial charge is 0.480 e. The lowest BCUT2D eigenvalue weighted by atomic mass is 10.0. The van der Waals surface area contributed by atoms with Gasteiger partial charge in [-0.3, -0.25) is 10.1 Å². The van der Waals surface area contributed by atoms with Gasteiger partial charge in [0.15, 0.2) is 5.76 Å². The fourth-order valence-corrected chi connectivity index (χ4v) is 4.21. The first-order valence-corrected chi connectivity index (χ1v) is 13.0. The van der Waals surface area contributed by atoms with Crippen LogP contribution in [0.15, 0.2) is 81.8 Å². The van der Waals surface area contributed by atoms with Crippen molar-refractivity contribution in [2.24, 2.45) is 0 Å². The number of anilines is 1. The number of carboxylic acid groups (broad SMARTS) is 1. The van der Waals surface area contributed by atoms with Crippen molar-refractivity contribution in [1.82, 2.24) is 10.5 Å². The number of nitrogens with zero attached hydrogens (tertiary/aromatic N) is 1. The minimum absolute atomic E-state index is 0.116. The normalized spacial score (nSPS) is 12.3. The molecule has 2 unspecified atom stereocenters. The summed E-state index contributed by atoms with van der Waals surface area (Å²) in [5.74, 6) is -1.99. The van der Waals surface area contributed by atoms with Crippen molar-refractivity contribution in [3.8, 4) is 11.3 Å². The maximum absolute atomic E-state index is 14.0. The van der Waals surface area contributed by atoms with Crippen molar-refractivity contribution in [3.05, 3.63) is 105 Å². The first kappa shape index (κ1) is 28.5. The molecule has 0 saturated heterocycles. The van der Waals surface area contributed by atoms with E-state index in [1.54, 1.807) is 62.4 Å². The zero-order valence-corrected chi connectivity index (χ0v) is 23.1. The first-order valence-electron chi connectivity index (χ1n) is 12.2. The van der Waals surface area contributed by atoms with Gasteiger partial charge in [0.2, 0.25) is 0 Å². The molecule has 4 aromatic rings. The number of carbonyl (C=O) groups excluding carboxylic acids is 2. The molecule has 206 valence electrons. The molecule has 0 aliphatic carbocycles. The second-order valence-corrected chi connectivity index (χ2v) is 9.85. The Labute approximate surface area is 237 Å². The highest BCUT2D eigenvalue weighted by Gasteiger charge is 2.23. The summed E-state index contributed by atoms with van der Waals surface area (Å²) < 4.78 is 25.6. The monoisotopic (exact) mass is 609 g/mol. The van der Waals surface area contributed by atoms with E-state index in [2.05, 4.69) is 31.7 Å². The average molecular weight is 610 g/mol. The molecule has 0 radical (unpaired) electrons. The number of hydrogen-bond acceptors (Lipinski definition) is 6. The number of rotatable bonds is 9. The molecule has 40 heavy (non-hydrogen) atoms. The SMILES string of the molecule is Cc1noc(-c2ccc(C(=O)NC(Cc3ccc(Br)cc3)C(=O)O)cc2)c1NC(=O)OC(C)c1ccccc1F. The third-order valence-electron chi connectivity index (χ3n) is 6.08. The number of amides is 2. The van der Waals surface area contributed by atoms with Crippen LogP contribution in [0.5, 0.6) is 0 Å². The number of benzene rings is 3. The molecule has 1 aromatic heterocycles. The van der Waals surface area contributed by atoms with Crippen molar-refractivity contribution in [1.29, 1.82) is 0 Å². The van der Waals surface area contributed by atoms with Crippen molar-refractivity contribution in [2.45, 2.75) is 32.4 Å². The topological polar surface area (TPSA) is 131 Å². The Morgan fingerprint density at radius 1 is 1.05 bits per heavy atom. The molecule has 0 aliphatic heterocycles. The summed E-state index contributed by atoms with van der Waals surface area (Å²) in [4.78, 5) is 37.1. The van der Waals surface area contributed by atoms with Crippen LogP contribution >= 0.6 is 15.9 Å². The number of aromatic nitrogens is 1. The van der Waals surface area contributed by atoms with E-state index in [1.807, 2.05) is 0 Å². The summed E-state index contributed by atoms with van der Waals surface area (Å²) in [6.45, 7) is 3.18. The van der Waals surface area contributed by atoms with Gasteiger partial charge in [0.1, 0.15) is 29.3 Å². The number of carbonyl (C=O) groups is 3. The van der Waals surface area contributed by atoms with Crippen molar-refractivity contribution in [3.63, 3.8) is 0 Å². The van der Waals surface area contributed by atoms with E-state index < -0.39 is 35.9 Å². The summed E-state index contributed by atoms with van der Waals surface area (Å²) in [6, 6.07) is 18.2. The highest BCUT2D eigenvalue weighted by atomic mass is 79.9. The van der Waals surface area contributed by atoms with Crippen LogP contribution in [0.1, 0.15) is 40.2 Å². The molecule has 9 nitrogen and oxygen atoms in total. The van der Waals surface area contributed by atoms with Crippen LogP contribution < -0.4 is 10.6 Å². The third-order valence-corrected chi connectivity index (χ3v) is 6.61. The van der Waals surface area contributed by atoms with E-state index in [0.29, 0.717) is 11.3 Å². The molecular weight excluding hydrogens is 585 g/mol. The number of hydrogen-bond donors (Lipinski definition) is 3. The highest BCUT2D eigenvalue weighted by Crippen LogP contribution is 2.32. The summed E-state index contributed by atoms with van der Waals surface area (Å²) >= 11 is 3.34. The van der Waals surface area contributed by atoms with Crippen molar-refractivity contribution >= 4 is 39.6 Å². The Kier molecular flexibility index (Phi) is 8.95. The number of carboxylic acids is 1. The quantitative estimate of drug-likeness (QED) is 0.203. The predicted octanol–water partition coefficient (Wildman–Crippen LogP) is 6.29. The maximum atomic E-state index is 14.0. The van der Waals surface area contributed by atoms with Crippen LogP contribution in [0.4, 0.5) is 14.9 Å². The molecule has 0 fully saturated rings. The van der Waals surface area contributed by atoms with Crippen LogP contribution in [0.2, 0.25) is 0 Å². The lowest BCUT2D eigenvalue weighted by Gasteiger charge is -2.15. The second kappa shape index (κ2) is 12.6. The molecule has 0 saturated carbocycles. The van der Waals surface area contributed by atoms with Gasteiger partial charge in [0, 0.05) is 27.6 Å². The van der Waals surface area contributed by atoms with Gasteiger partial charge in [-0.15, -0.1) is 0 Å². The zero-order chi connectivity index (χ0) is 28.8.